The Bertz CT molecular complexity index is 1010. The SMILES string of the molecule is O=C(Nc1ccccc1Sc1ccccc1)c1cc(-c2ccco2)[nH]n1. The van der Waals surface area contributed by atoms with Gasteiger partial charge in [0.2, 0.25) is 0 Å². The monoisotopic (exact) mass is 361 g/mol. The Morgan fingerprint density at radius 1 is 1.00 bits per heavy atom. The second kappa shape index (κ2) is 7.33. The van der Waals surface area contributed by atoms with Gasteiger partial charge in [-0.3, -0.25) is 9.89 Å². The van der Waals surface area contributed by atoms with Gasteiger partial charge in [-0.05, 0) is 36.4 Å². The first-order valence-electron chi connectivity index (χ1n) is 8.02. The van der Waals surface area contributed by atoms with E-state index in [1.54, 1.807) is 36.2 Å². The van der Waals surface area contributed by atoms with Crippen LogP contribution in [0.3, 0.4) is 0 Å². The molecule has 0 fully saturated rings. The van der Waals surface area contributed by atoms with E-state index in [0.29, 0.717) is 17.1 Å². The number of rotatable bonds is 5. The second-order valence-electron chi connectivity index (χ2n) is 5.51. The fourth-order valence-electron chi connectivity index (χ4n) is 2.46. The van der Waals surface area contributed by atoms with Gasteiger partial charge in [-0.1, -0.05) is 42.1 Å². The quantitative estimate of drug-likeness (QED) is 0.520. The first-order valence-corrected chi connectivity index (χ1v) is 8.84. The number of carbonyl (C=O) groups excluding carboxylic acids is 1. The summed E-state index contributed by atoms with van der Waals surface area (Å²) in [6.45, 7) is 0. The molecule has 0 unspecified atom stereocenters. The lowest BCUT2D eigenvalue weighted by atomic mass is 10.2. The third kappa shape index (κ3) is 3.55. The number of carbonyl (C=O) groups is 1. The Morgan fingerprint density at radius 2 is 1.81 bits per heavy atom. The van der Waals surface area contributed by atoms with Crippen LogP contribution >= 0.6 is 11.8 Å². The summed E-state index contributed by atoms with van der Waals surface area (Å²) in [5.41, 5.74) is 1.71. The average molecular weight is 361 g/mol. The summed E-state index contributed by atoms with van der Waals surface area (Å²) in [4.78, 5) is 14.6. The van der Waals surface area contributed by atoms with Crippen LogP contribution in [0.4, 0.5) is 5.69 Å². The molecule has 128 valence electrons. The smallest absolute Gasteiger partial charge is 0.276 e. The number of anilines is 1. The summed E-state index contributed by atoms with van der Waals surface area (Å²) < 4.78 is 5.31. The predicted molar refractivity (Wildman–Crippen MR) is 101 cm³/mol. The van der Waals surface area contributed by atoms with Crippen LogP contribution in [0.2, 0.25) is 0 Å². The molecule has 0 aliphatic rings. The average Bonchev–Trinajstić information content (AvgIpc) is 3.36. The van der Waals surface area contributed by atoms with E-state index in [1.165, 1.54) is 0 Å². The standard InChI is InChI=1S/C20H15N3O2S/c24-20(17-13-16(22-23-17)18-10-6-12-25-18)21-15-9-4-5-11-19(15)26-14-7-2-1-3-8-14/h1-13H,(H,21,24)(H,22,23). The van der Waals surface area contributed by atoms with Crippen LogP contribution in [0.5, 0.6) is 0 Å². The summed E-state index contributed by atoms with van der Waals surface area (Å²) in [6, 6.07) is 23.0. The van der Waals surface area contributed by atoms with Crippen LogP contribution in [-0.2, 0) is 0 Å². The molecule has 1 amide bonds. The molecule has 0 saturated carbocycles. The number of para-hydroxylation sites is 1. The van der Waals surface area contributed by atoms with Crippen molar-refractivity contribution in [2.45, 2.75) is 9.79 Å². The van der Waals surface area contributed by atoms with Crippen molar-refractivity contribution in [3.05, 3.63) is 84.8 Å². The third-order valence-electron chi connectivity index (χ3n) is 3.70. The summed E-state index contributed by atoms with van der Waals surface area (Å²) in [6.07, 6.45) is 1.58. The Hall–Kier alpha value is -3.25. The Kier molecular flexibility index (Phi) is 4.57. The van der Waals surface area contributed by atoms with E-state index in [2.05, 4.69) is 15.5 Å². The van der Waals surface area contributed by atoms with Gasteiger partial charge in [0.05, 0.1) is 12.0 Å². The number of hydrogen-bond donors (Lipinski definition) is 2. The van der Waals surface area contributed by atoms with E-state index in [1.807, 2.05) is 54.6 Å². The number of benzene rings is 2. The highest BCUT2D eigenvalue weighted by atomic mass is 32.2. The first-order chi connectivity index (χ1) is 12.8. The molecule has 2 aromatic heterocycles. The number of aromatic nitrogens is 2. The highest BCUT2D eigenvalue weighted by Gasteiger charge is 2.14. The van der Waals surface area contributed by atoms with Crippen LogP contribution in [0.1, 0.15) is 10.5 Å². The van der Waals surface area contributed by atoms with Gasteiger partial charge in [-0.25, -0.2) is 0 Å². The van der Waals surface area contributed by atoms with Gasteiger partial charge in [0, 0.05) is 15.9 Å². The highest BCUT2D eigenvalue weighted by Crippen LogP contribution is 2.33. The van der Waals surface area contributed by atoms with E-state index >= 15 is 0 Å². The van der Waals surface area contributed by atoms with Crippen LogP contribution < -0.4 is 5.32 Å². The summed E-state index contributed by atoms with van der Waals surface area (Å²) in [5.74, 6) is 0.358. The lowest BCUT2D eigenvalue weighted by molar-refractivity contribution is 0.102. The number of nitrogens with zero attached hydrogens (tertiary/aromatic N) is 1. The molecule has 0 saturated heterocycles. The molecule has 0 atom stereocenters. The molecule has 26 heavy (non-hydrogen) atoms. The zero-order valence-corrected chi connectivity index (χ0v) is 14.5. The van der Waals surface area contributed by atoms with E-state index in [4.69, 9.17) is 4.42 Å². The molecule has 0 aliphatic heterocycles. The van der Waals surface area contributed by atoms with E-state index < -0.39 is 0 Å². The minimum Gasteiger partial charge on any atom is -0.463 e. The fraction of sp³-hybridized carbons (Fsp3) is 0. The Labute approximate surface area is 154 Å². The van der Waals surface area contributed by atoms with Gasteiger partial charge in [0.15, 0.2) is 11.5 Å². The van der Waals surface area contributed by atoms with E-state index in [-0.39, 0.29) is 5.91 Å². The molecule has 5 nitrogen and oxygen atoms in total. The Balaban J connectivity index is 1.53. The maximum Gasteiger partial charge on any atom is 0.276 e. The van der Waals surface area contributed by atoms with Crippen molar-refractivity contribution in [3.63, 3.8) is 0 Å². The van der Waals surface area contributed by atoms with Crippen LogP contribution in [0.25, 0.3) is 11.5 Å². The first kappa shape index (κ1) is 16.2. The molecular formula is C20H15N3O2S. The van der Waals surface area contributed by atoms with Crippen molar-refractivity contribution >= 4 is 23.4 Å². The minimum absolute atomic E-state index is 0.278. The molecule has 0 aliphatic carbocycles. The summed E-state index contributed by atoms with van der Waals surface area (Å²) >= 11 is 1.60. The molecule has 2 heterocycles. The molecule has 4 aromatic rings. The van der Waals surface area contributed by atoms with E-state index in [9.17, 15) is 4.79 Å². The number of aromatic amines is 1. The van der Waals surface area contributed by atoms with Crippen LogP contribution in [0.15, 0.2) is 93.3 Å². The molecule has 6 heteroatoms. The number of furan rings is 1. The van der Waals surface area contributed by atoms with Gasteiger partial charge in [-0.2, -0.15) is 5.10 Å². The molecule has 4 rings (SSSR count). The maximum atomic E-state index is 12.6. The van der Waals surface area contributed by atoms with Crippen molar-refractivity contribution in [1.82, 2.24) is 10.2 Å². The number of H-pyrrole nitrogens is 1. The van der Waals surface area contributed by atoms with Gasteiger partial charge in [0.1, 0.15) is 5.69 Å². The van der Waals surface area contributed by atoms with Crippen molar-refractivity contribution < 1.29 is 9.21 Å². The largest absolute Gasteiger partial charge is 0.463 e. The molecule has 0 bridgehead atoms. The predicted octanol–water partition coefficient (Wildman–Crippen LogP) is 5.07. The molecule has 0 radical (unpaired) electrons. The lowest BCUT2D eigenvalue weighted by Crippen LogP contribution is -2.12. The minimum atomic E-state index is -0.278. The zero-order chi connectivity index (χ0) is 17.8. The lowest BCUT2D eigenvalue weighted by Gasteiger charge is -2.09. The van der Waals surface area contributed by atoms with Crippen LogP contribution in [0, 0.1) is 0 Å². The fourth-order valence-corrected chi connectivity index (χ4v) is 3.38. The number of hydrogen-bond acceptors (Lipinski definition) is 4. The van der Waals surface area contributed by atoms with Crippen molar-refractivity contribution in [2.24, 2.45) is 0 Å². The normalized spacial score (nSPS) is 10.6. The zero-order valence-electron chi connectivity index (χ0n) is 13.7. The molecule has 2 aromatic carbocycles. The van der Waals surface area contributed by atoms with E-state index in [0.717, 1.165) is 15.5 Å². The topological polar surface area (TPSA) is 70.9 Å². The number of nitrogens with one attached hydrogen (secondary N) is 2. The summed E-state index contributed by atoms with van der Waals surface area (Å²) in [5, 5.41) is 9.83. The molecule has 0 spiro atoms. The molecule has 2 N–H and O–H groups in total. The van der Waals surface area contributed by atoms with Crippen molar-refractivity contribution in [2.75, 3.05) is 5.32 Å². The number of amides is 1. The third-order valence-corrected chi connectivity index (χ3v) is 4.79. The second-order valence-corrected chi connectivity index (χ2v) is 6.62. The highest BCUT2D eigenvalue weighted by molar-refractivity contribution is 7.99. The Morgan fingerprint density at radius 3 is 2.62 bits per heavy atom. The van der Waals surface area contributed by atoms with Gasteiger partial charge in [-0.15, -0.1) is 0 Å². The van der Waals surface area contributed by atoms with Gasteiger partial charge >= 0.3 is 0 Å². The van der Waals surface area contributed by atoms with Gasteiger partial charge < -0.3 is 9.73 Å². The maximum absolute atomic E-state index is 12.6. The van der Waals surface area contributed by atoms with Gasteiger partial charge in [0.25, 0.3) is 5.91 Å². The molecular weight excluding hydrogens is 346 g/mol. The van der Waals surface area contributed by atoms with Crippen LogP contribution in [-0.4, -0.2) is 16.1 Å². The summed E-state index contributed by atoms with van der Waals surface area (Å²) in [7, 11) is 0. The van der Waals surface area contributed by atoms with Crippen molar-refractivity contribution in [3.8, 4) is 11.5 Å². The van der Waals surface area contributed by atoms with Crippen molar-refractivity contribution in [1.29, 1.82) is 0 Å².